The SMILES string of the molecule is CC(CC(=O)O)c1nc2nccnn2c1Cl. The normalized spacial score (nSPS) is 12.9. The van der Waals surface area contributed by atoms with Gasteiger partial charge in [0.15, 0.2) is 5.15 Å². The van der Waals surface area contributed by atoms with Crippen molar-refractivity contribution in [3.63, 3.8) is 0 Å². The molecule has 0 aliphatic rings. The van der Waals surface area contributed by atoms with Gasteiger partial charge in [0.1, 0.15) is 0 Å². The van der Waals surface area contributed by atoms with Crippen LogP contribution in [0.1, 0.15) is 25.0 Å². The first-order valence-corrected chi connectivity index (χ1v) is 5.04. The van der Waals surface area contributed by atoms with Crippen LogP contribution in [0.25, 0.3) is 5.78 Å². The second-order valence-electron chi connectivity index (χ2n) is 3.44. The maximum atomic E-state index is 10.6. The van der Waals surface area contributed by atoms with Crippen LogP contribution in [0, 0.1) is 0 Å². The summed E-state index contributed by atoms with van der Waals surface area (Å²) in [6.07, 6.45) is 2.97. The van der Waals surface area contributed by atoms with E-state index in [0.29, 0.717) is 16.6 Å². The number of carboxylic acids is 1. The van der Waals surface area contributed by atoms with Gasteiger partial charge in [-0.3, -0.25) is 4.79 Å². The predicted octanol–water partition coefficient (Wildman–Crippen LogP) is 1.36. The molecule has 1 unspecified atom stereocenters. The van der Waals surface area contributed by atoms with Crippen molar-refractivity contribution in [3.05, 3.63) is 23.2 Å². The van der Waals surface area contributed by atoms with Crippen LogP contribution < -0.4 is 0 Å². The molecule has 0 spiro atoms. The van der Waals surface area contributed by atoms with Gasteiger partial charge in [0.25, 0.3) is 5.78 Å². The lowest BCUT2D eigenvalue weighted by atomic mass is 10.1. The van der Waals surface area contributed by atoms with Crippen molar-refractivity contribution < 1.29 is 9.90 Å². The minimum atomic E-state index is -0.887. The second-order valence-corrected chi connectivity index (χ2v) is 3.80. The van der Waals surface area contributed by atoms with Crippen molar-refractivity contribution in [2.24, 2.45) is 0 Å². The van der Waals surface area contributed by atoms with Gasteiger partial charge in [-0.05, 0) is 0 Å². The molecule has 2 heterocycles. The lowest BCUT2D eigenvalue weighted by molar-refractivity contribution is -0.137. The zero-order chi connectivity index (χ0) is 11.7. The molecule has 0 aromatic carbocycles. The zero-order valence-corrected chi connectivity index (χ0v) is 9.22. The summed E-state index contributed by atoms with van der Waals surface area (Å²) in [5.74, 6) is -0.783. The van der Waals surface area contributed by atoms with Gasteiger partial charge in [-0.2, -0.15) is 9.61 Å². The number of carbonyl (C=O) groups is 1. The van der Waals surface area contributed by atoms with E-state index in [4.69, 9.17) is 16.7 Å². The molecule has 1 atom stereocenters. The number of imidazole rings is 1. The lowest BCUT2D eigenvalue weighted by Gasteiger charge is -2.04. The Bertz CT molecular complexity index is 539. The average molecular weight is 241 g/mol. The van der Waals surface area contributed by atoms with E-state index in [-0.39, 0.29) is 12.3 Å². The van der Waals surface area contributed by atoms with E-state index in [1.165, 1.54) is 16.9 Å². The monoisotopic (exact) mass is 240 g/mol. The standard InChI is InChI=1S/C9H9ClN4O2/c1-5(4-6(15)16)7-8(10)14-9(13-7)11-2-3-12-14/h2-3,5H,4H2,1H3,(H,15,16). The maximum absolute atomic E-state index is 10.6. The molecule has 6 nitrogen and oxygen atoms in total. The Balaban J connectivity index is 2.45. The van der Waals surface area contributed by atoms with E-state index >= 15 is 0 Å². The predicted molar refractivity (Wildman–Crippen MR) is 56.5 cm³/mol. The molecule has 84 valence electrons. The third-order valence-corrected chi connectivity index (χ3v) is 2.55. The highest BCUT2D eigenvalue weighted by atomic mass is 35.5. The van der Waals surface area contributed by atoms with Gasteiger partial charge >= 0.3 is 5.97 Å². The number of aromatic nitrogens is 4. The third-order valence-electron chi connectivity index (χ3n) is 2.19. The Kier molecular flexibility index (Phi) is 2.74. The van der Waals surface area contributed by atoms with E-state index in [1.54, 1.807) is 6.92 Å². The molecule has 0 bridgehead atoms. The highest BCUT2D eigenvalue weighted by Crippen LogP contribution is 2.25. The quantitative estimate of drug-likeness (QED) is 0.876. The number of rotatable bonds is 3. The molecule has 0 saturated heterocycles. The highest BCUT2D eigenvalue weighted by Gasteiger charge is 2.19. The molecule has 16 heavy (non-hydrogen) atoms. The molecule has 2 aromatic heterocycles. The minimum Gasteiger partial charge on any atom is -0.481 e. The van der Waals surface area contributed by atoms with Gasteiger partial charge in [-0.25, -0.2) is 9.97 Å². The van der Waals surface area contributed by atoms with Gasteiger partial charge in [-0.1, -0.05) is 18.5 Å². The summed E-state index contributed by atoms with van der Waals surface area (Å²) < 4.78 is 1.38. The first-order valence-electron chi connectivity index (χ1n) is 4.66. The Hall–Kier alpha value is -1.69. The van der Waals surface area contributed by atoms with Crippen molar-refractivity contribution >= 4 is 23.3 Å². The summed E-state index contributed by atoms with van der Waals surface area (Å²) in [5, 5.41) is 13.0. The largest absolute Gasteiger partial charge is 0.481 e. The molecule has 7 heteroatoms. The topological polar surface area (TPSA) is 80.4 Å². The molecule has 0 aliphatic carbocycles. The number of hydrogen-bond donors (Lipinski definition) is 1. The van der Waals surface area contributed by atoms with Crippen LogP contribution in [0.3, 0.4) is 0 Å². The van der Waals surface area contributed by atoms with Crippen LogP contribution in [0.5, 0.6) is 0 Å². The Morgan fingerprint density at radius 1 is 1.62 bits per heavy atom. The summed E-state index contributed by atoms with van der Waals surface area (Å²) >= 11 is 6.04. The zero-order valence-electron chi connectivity index (χ0n) is 8.46. The fourth-order valence-corrected chi connectivity index (χ4v) is 1.80. The average Bonchev–Trinajstić information content (AvgIpc) is 2.56. The first-order chi connectivity index (χ1) is 7.59. The number of fused-ring (bicyclic) bond motifs is 1. The van der Waals surface area contributed by atoms with Gasteiger partial charge < -0.3 is 5.11 Å². The molecule has 2 aromatic rings. The number of hydrogen-bond acceptors (Lipinski definition) is 4. The van der Waals surface area contributed by atoms with E-state index in [9.17, 15) is 4.79 Å². The molecule has 0 amide bonds. The molecular weight excluding hydrogens is 232 g/mol. The third kappa shape index (κ3) is 1.83. The summed E-state index contributed by atoms with van der Waals surface area (Å²) in [5.41, 5.74) is 0.510. The highest BCUT2D eigenvalue weighted by molar-refractivity contribution is 6.30. The molecule has 0 saturated carbocycles. The molecular formula is C9H9ClN4O2. The van der Waals surface area contributed by atoms with Crippen LogP contribution in [0.4, 0.5) is 0 Å². The van der Waals surface area contributed by atoms with Crippen molar-refractivity contribution in [1.82, 2.24) is 19.6 Å². The van der Waals surface area contributed by atoms with Crippen LogP contribution in [0.15, 0.2) is 12.4 Å². The van der Waals surface area contributed by atoms with Crippen molar-refractivity contribution in [2.45, 2.75) is 19.3 Å². The van der Waals surface area contributed by atoms with Crippen LogP contribution in [0.2, 0.25) is 5.15 Å². The van der Waals surface area contributed by atoms with Crippen molar-refractivity contribution in [3.8, 4) is 0 Å². The molecule has 1 N–H and O–H groups in total. The molecule has 0 radical (unpaired) electrons. The van der Waals surface area contributed by atoms with Crippen molar-refractivity contribution in [2.75, 3.05) is 0 Å². The second kappa shape index (κ2) is 4.05. The van der Waals surface area contributed by atoms with Crippen LogP contribution >= 0.6 is 11.6 Å². The van der Waals surface area contributed by atoms with E-state index < -0.39 is 5.97 Å². The number of carboxylic acid groups (broad SMARTS) is 1. The number of aliphatic carboxylic acids is 1. The summed E-state index contributed by atoms with van der Waals surface area (Å²) in [6.45, 7) is 1.75. The van der Waals surface area contributed by atoms with Gasteiger partial charge in [-0.15, -0.1) is 0 Å². The van der Waals surface area contributed by atoms with E-state index in [1.807, 2.05) is 0 Å². The number of nitrogens with zero attached hydrogens (tertiary/aromatic N) is 4. The Labute approximate surface area is 95.9 Å². The Morgan fingerprint density at radius 3 is 3.00 bits per heavy atom. The maximum Gasteiger partial charge on any atom is 0.304 e. The summed E-state index contributed by atoms with van der Waals surface area (Å²) in [4.78, 5) is 18.7. The molecule has 0 fully saturated rings. The fraction of sp³-hybridized carbons (Fsp3) is 0.333. The van der Waals surface area contributed by atoms with Crippen molar-refractivity contribution in [1.29, 1.82) is 0 Å². The summed E-state index contributed by atoms with van der Waals surface area (Å²) in [7, 11) is 0. The summed E-state index contributed by atoms with van der Waals surface area (Å²) in [6, 6.07) is 0. The first kappa shape index (κ1) is 10.8. The minimum absolute atomic E-state index is 0.0242. The fourth-order valence-electron chi connectivity index (χ4n) is 1.45. The smallest absolute Gasteiger partial charge is 0.304 e. The Morgan fingerprint density at radius 2 is 2.38 bits per heavy atom. The molecule has 2 rings (SSSR count). The molecule has 0 aliphatic heterocycles. The van der Waals surface area contributed by atoms with Crippen LogP contribution in [-0.4, -0.2) is 30.7 Å². The van der Waals surface area contributed by atoms with Gasteiger partial charge in [0.2, 0.25) is 0 Å². The van der Waals surface area contributed by atoms with Gasteiger partial charge in [0.05, 0.1) is 24.5 Å². The van der Waals surface area contributed by atoms with E-state index in [2.05, 4.69) is 15.1 Å². The van der Waals surface area contributed by atoms with E-state index in [0.717, 1.165) is 0 Å². The number of halogens is 1. The van der Waals surface area contributed by atoms with Gasteiger partial charge in [0, 0.05) is 5.92 Å². The van der Waals surface area contributed by atoms with Crippen LogP contribution in [-0.2, 0) is 4.79 Å². The lowest BCUT2D eigenvalue weighted by Crippen LogP contribution is -2.03.